The van der Waals surface area contributed by atoms with Crippen molar-refractivity contribution in [3.63, 3.8) is 0 Å². The van der Waals surface area contributed by atoms with Gasteiger partial charge < -0.3 is 4.74 Å². The molecule has 0 N–H and O–H groups in total. The van der Waals surface area contributed by atoms with Crippen LogP contribution in [-0.2, 0) is 4.74 Å². The monoisotopic (exact) mass is 138 g/mol. The number of methoxy groups -OCH3 is 1. The van der Waals surface area contributed by atoms with Gasteiger partial charge in [0.25, 0.3) is 0 Å². The van der Waals surface area contributed by atoms with Gasteiger partial charge in [0.15, 0.2) is 0 Å². The number of hydrogen-bond acceptors (Lipinski definition) is 1. The van der Waals surface area contributed by atoms with Crippen molar-refractivity contribution in [3.05, 3.63) is 23.5 Å². The van der Waals surface area contributed by atoms with E-state index >= 15 is 0 Å². The molecule has 0 aromatic carbocycles. The number of ether oxygens (including phenoxy) is 1. The molecular weight excluding hydrogens is 124 g/mol. The molecule has 0 saturated heterocycles. The first kappa shape index (κ1) is 7.39. The van der Waals surface area contributed by atoms with Gasteiger partial charge in [-0.15, -0.1) is 0 Å². The minimum atomic E-state index is 1.03. The van der Waals surface area contributed by atoms with Crippen molar-refractivity contribution < 1.29 is 4.74 Å². The van der Waals surface area contributed by atoms with Gasteiger partial charge in [-0.05, 0) is 37.3 Å². The van der Waals surface area contributed by atoms with Gasteiger partial charge in [-0.25, -0.2) is 0 Å². The third kappa shape index (κ3) is 1.23. The van der Waals surface area contributed by atoms with Crippen LogP contribution in [0.4, 0.5) is 0 Å². The largest absolute Gasteiger partial charge is 0.497 e. The number of rotatable bonds is 1. The molecule has 0 saturated carbocycles. The van der Waals surface area contributed by atoms with Crippen molar-refractivity contribution in [2.75, 3.05) is 7.11 Å². The SMILES string of the molecule is C=C1CCCC(C)=C1OC. The van der Waals surface area contributed by atoms with Crippen molar-refractivity contribution in [3.8, 4) is 0 Å². The molecule has 0 amide bonds. The van der Waals surface area contributed by atoms with Crippen LogP contribution < -0.4 is 0 Å². The molecular formula is C9H14O. The fourth-order valence-electron chi connectivity index (χ4n) is 1.41. The summed E-state index contributed by atoms with van der Waals surface area (Å²) in [5.74, 6) is 1.03. The van der Waals surface area contributed by atoms with Crippen LogP contribution in [0.25, 0.3) is 0 Å². The van der Waals surface area contributed by atoms with Crippen molar-refractivity contribution in [1.82, 2.24) is 0 Å². The van der Waals surface area contributed by atoms with Crippen LogP contribution in [0.2, 0.25) is 0 Å². The minimum Gasteiger partial charge on any atom is -0.497 e. The van der Waals surface area contributed by atoms with Crippen molar-refractivity contribution in [2.24, 2.45) is 0 Å². The molecule has 0 fully saturated rings. The lowest BCUT2D eigenvalue weighted by Gasteiger charge is -2.18. The Morgan fingerprint density at radius 2 is 2.10 bits per heavy atom. The zero-order valence-corrected chi connectivity index (χ0v) is 6.74. The third-order valence-corrected chi connectivity index (χ3v) is 1.94. The zero-order chi connectivity index (χ0) is 7.56. The van der Waals surface area contributed by atoms with E-state index in [9.17, 15) is 0 Å². The maximum absolute atomic E-state index is 5.20. The van der Waals surface area contributed by atoms with E-state index in [1.54, 1.807) is 7.11 Å². The Bertz CT molecular complexity index is 177. The smallest absolute Gasteiger partial charge is 0.120 e. The Morgan fingerprint density at radius 1 is 1.40 bits per heavy atom. The second kappa shape index (κ2) is 2.91. The van der Waals surface area contributed by atoms with Gasteiger partial charge >= 0.3 is 0 Å². The highest BCUT2D eigenvalue weighted by Crippen LogP contribution is 2.27. The van der Waals surface area contributed by atoms with E-state index in [4.69, 9.17) is 4.74 Å². The molecule has 0 aromatic rings. The molecule has 10 heavy (non-hydrogen) atoms. The summed E-state index contributed by atoms with van der Waals surface area (Å²) < 4.78 is 5.20. The maximum Gasteiger partial charge on any atom is 0.120 e. The van der Waals surface area contributed by atoms with E-state index < -0.39 is 0 Å². The average molecular weight is 138 g/mol. The van der Waals surface area contributed by atoms with E-state index in [2.05, 4.69) is 13.5 Å². The second-order valence-electron chi connectivity index (χ2n) is 2.77. The third-order valence-electron chi connectivity index (χ3n) is 1.94. The Kier molecular flexibility index (Phi) is 2.15. The molecule has 0 heterocycles. The van der Waals surface area contributed by atoms with Crippen molar-refractivity contribution >= 4 is 0 Å². The van der Waals surface area contributed by atoms with Crippen molar-refractivity contribution in [2.45, 2.75) is 26.2 Å². The highest BCUT2D eigenvalue weighted by atomic mass is 16.5. The lowest BCUT2D eigenvalue weighted by molar-refractivity contribution is 0.287. The van der Waals surface area contributed by atoms with Crippen LogP contribution in [0.3, 0.4) is 0 Å². The molecule has 0 spiro atoms. The lowest BCUT2D eigenvalue weighted by atomic mass is 9.95. The molecule has 1 aliphatic carbocycles. The summed E-state index contributed by atoms with van der Waals surface area (Å²) in [6.07, 6.45) is 3.50. The second-order valence-corrected chi connectivity index (χ2v) is 2.77. The number of hydrogen-bond donors (Lipinski definition) is 0. The number of allylic oxidation sites excluding steroid dienone is 2. The molecule has 1 aliphatic rings. The highest BCUT2D eigenvalue weighted by Gasteiger charge is 2.12. The lowest BCUT2D eigenvalue weighted by Crippen LogP contribution is -2.01. The van der Waals surface area contributed by atoms with Gasteiger partial charge in [-0.3, -0.25) is 0 Å². The van der Waals surface area contributed by atoms with Gasteiger partial charge in [-0.2, -0.15) is 0 Å². The van der Waals surface area contributed by atoms with Gasteiger partial charge in [-0.1, -0.05) is 6.58 Å². The summed E-state index contributed by atoms with van der Waals surface area (Å²) in [6, 6.07) is 0. The van der Waals surface area contributed by atoms with Crippen LogP contribution in [-0.4, -0.2) is 7.11 Å². The maximum atomic E-state index is 5.20. The fourth-order valence-corrected chi connectivity index (χ4v) is 1.41. The van der Waals surface area contributed by atoms with Gasteiger partial charge in [0.2, 0.25) is 0 Å². The van der Waals surface area contributed by atoms with E-state index in [0.717, 1.165) is 17.8 Å². The summed E-state index contributed by atoms with van der Waals surface area (Å²) in [4.78, 5) is 0. The van der Waals surface area contributed by atoms with Crippen LogP contribution >= 0.6 is 0 Å². The molecule has 0 unspecified atom stereocenters. The first-order valence-electron chi connectivity index (χ1n) is 3.67. The first-order valence-corrected chi connectivity index (χ1v) is 3.67. The summed E-state index contributed by atoms with van der Waals surface area (Å²) in [6.45, 7) is 6.05. The molecule has 0 aliphatic heterocycles. The molecule has 0 aromatic heterocycles. The van der Waals surface area contributed by atoms with Crippen LogP contribution in [0, 0.1) is 0 Å². The molecule has 0 atom stereocenters. The summed E-state index contributed by atoms with van der Waals surface area (Å²) in [5.41, 5.74) is 2.50. The predicted molar refractivity (Wildman–Crippen MR) is 42.7 cm³/mol. The summed E-state index contributed by atoms with van der Waals surface area (Å²) in [5, 5.41) is 0. The molecule has 1 heteroatoms. The summed E-state index contributed by atoms with van der Waals surface area (Å²) >= 11 is 0. The topological polar surface area (TPSA) is 9.23 Å². The van der Waals surface area contributed by atoms with Gasteiger partial charge in [0.05, 0.1) is 7.11 Å². The zero-order valence-electron chi connectivity index (χ0n) is 6.74. The van der Waals surface area contributed by atoms with Crippen LogP contribution in [0.15, 0.2) is 23.5 Å². The van der Waals surface area contributed by atoms with Crippen molar-refractivity contribution in [1.29, 1.82) is 0 Å². The Labute approximate surface area is 62.4 Å². The predicted octanol–water partition coefficient (Wildman–Crippen LogP) is 2.65. The standard InChI is InChI=1S/C9H14O/c1-7-5-4-6-8(2)9(7)10-3/h1,4-6H2,2-3H3. The molecule has 56 valence electrons. The van der Waals surface area contributed by atoms with E-state index in [1.807, 2.05) is 0 Å². The fraction of sp³-hybridized carbons (Fsp3) is 0.556. The first-order chi connectivity index (χ1) is 4.75. The van der Waals surface area contributed by atoms with Crippen LogP contribution in [0.5, 0.6) is 0 Å². The Morgan fingerprint density at radius 3 is 2.50 bits per heavy atom. The molecule has 1 nitrogen and oxygen atoms in total. The highest BCUT2D eigenvalue weighted by molar-refractivity contribution is 5.30. The minimum absolute atomic E-state index is 1.03. The quantitative estimate of drug-likeness (QED) is 0.541. The van der Waals surface area contributed by atoms with Crippen LogP contribution in [0.1, 0.15) is 26.2 Å². The normalized spacial score (nSPS) is 19.6. The van der Waals surface area contributed by atoms with E-state index in [1.165, 1.54) is 18.4 Å². The van der Waals surface area contributed by atoms with Gasteiger partial charge in [0.1, 0.15) is 5.76 Å². The molecule has 0 bridgehead atoms. The van der Waals surface area contributed by atoms with E-state index in [-0.39, 0.29) is 0 Å². The Hall–Kier alpha value is -0.720. The summed E-state index contributed by atoms with van der Waals surface area (Å²) in [7, 11) is 1.72. The molecule has 1 rings (SSSR count). The van der Waals surface area contributed by atoms with E-state index in [0.29, 0.717) is 0 Å². The average Bonchev–Trinajstić information content (AvgIpc) is 1.88. The van der Waals surface area contributed by atoms with Gasteiger partial charge in [0, 0.05) is 0 Å². The molecule has 0 radical (unpaired) electrons. The Balaban J connectivity index is 2.84.